The van der Waals surface area contributed by atoms with E-state index in [-0.39, 0.29) is 5.43 Å². The summed E-state index contributed by atoms with van der Waals surface area (Å²) in [4.78, 5) is 23.4. The largest absolute Gasteiger partial charge is 0.368 e. The van der Waals surface area contributed by atoms with Gasteiger partial charge in [0.05, 0.1) is 15.6 Å². The minimum atomic E-state index is 0.0269. The zero-order chi connectivity index (χ0) is 21.7. The van der Waals surface area contributed by atoms with Gasteiger partial charge in [-0.3, -0.25) is 4.79 Å². The molecule has 6 rings (SSSR count). The minimum Gasteiger partial charge on any atom is -0.368 e. The van der Waals surface area contributed by atoms with Crippen LogP contribution in [0.5, 0.6) is 0 Å². The van der Waals surface area contributed by atoms with Gasteiger partial charge < -0.3 is 9.80 Å². The predicted molar refractivity (Wildman–Crippen MR) is 137 cm³/mol. The van der Waals surface area contributed by atoms with Crippen LogP contribution in [0.4, 0.5) is 11.5 Å². The standard InChI is InChI=1S/C26H20ClN3OS/c27-17-10-11-22-20(16-17)24(31)23-19-8-4-5-9-21(19)28-26(25(23)32-22)30-14-12-29(13-15-30)18-6-2-1-3-7-18/h1-11,16H,12-15H2. The molecule has 1 aliphatic rings. The Morgan fingerprint density at radius 2 is 1.53 bits per heavy atom. The Morgan fingerprint density at radius 1 is 0.812 bits per heavy atom. The fourth-order valence-corrected chi connectivity index (χ4v) is 5.91. The third kappa shape index (κ3) is 3.20. The lowest BCUT2D eigenvalue weighted by atomic mass is 10.1. The number of benzene rings is 3. The van der Waals surface area contributed by atoms with E-state index in [4.69, 9.17) is 16.6 Å². The number of hydrogen-bond acceptors (Lipinski definition) is 5. The van der Waals surface area contributed by atoms with Crippen LogP contribution in [-0.4, -0.2) is 31.2 Å². The Bertz CT molecular complexity index is 1530. The number of aromatic nitrogens is 1. The summed E-state index contributed by atoms with van der Waals surface area (Å²) >= 11 is 7.85. The number of rotatable bonds is 2. The summed E-state index contributed by atoms with van der Waals surface area (Å²) in [7, 11) is 0. The SMILES string of the molecule is O=c1c2cc(Cl)ccc2sc2c(N3CCN(c4ccccc4)CC3)nc3ccccc3c12. The molecule has 1 aliphatic heterocycles. The van der Waals surface area contributed by atoms with Gasteiger partial charge in [0.2, 0.25) is 0 Å². The lowest BCUT2D eigenvalue weighted by Crippen LogP contribution is -2.46. The molecule has 158 valence electrons. The van der Waals surface area contributed by atoms with Crippen molar-refractivity contribution in [1.82, 2.24) is 4.98 Å². The molecule has 0 amide bonds. The number of piperazine rings is 1. The molecular formula is C26H20ClN3OS. The van der Waals surface area contributed by atoms with Crippen molar-refractivity contribution in [3.63, 3.8) is 0 Å². The molecule has 4 nitrogen and oxygen atoms in total. The van der Waals surface area contributed by atoms with E-state index in [1.807, 2.05) is 42.5 Å². The molecule has 2 aromatic heterocycles. The van der Waals surface area contributed by atoms with Crippen molar-refractivity contribution < 1.29 is 0 Å². The molecule has 0 atom stereocenters. The number of hydrogen-bond donors (Lipinski definition) is 0. The highest BCUT2D eigenvalue weighted by atomic mass is 35.5. The number of pyridine rings is 1. The van der Waals surface area contributed by atoms with Crippen LogP contribution in [0, 0.1) is 0 Å². The molecule has 0 aliphatic carbocycles. The molecule has 0 spiro atoms. The van der Waals surface area contributed by atoms with E-state index in [0.717, 1.165) is 57.7 Å². The van der Waals surface area contributed by atoms with E-state index in [1.165, 1.54) is 5.69 Å². The number of nitrogens with zero attached hydrogens (tertiary/aromatic N) is 3. The fraction of sp³-hybridized carbons (Fsp3) is 0.154. The first-order valence-electron chi connectivity index (χ1n) is 10.7. The molecule has 1 saturated heterocycles. The molecule has 3 heterocycles. The average molecular weight is 458 g/mol. The van der Waals surface area contributed by atoms with Gasteiger partial charge in [-0.2, -0.15) is 0 Å². The highest BCUT2D eigenvalue weighted by Crippen LogP contribution is 2.36. The third-order valence-electron chi connectivity index (χ3n) is 6.16. The van der Waals surface area contributed by atoms with Gasteiger partial charge in [-0.05, 0) is 36.4 Å². The minimum absolute atomic E-state index is 0.0269. The second-order valence-electron chi connectivity index (χ2n) is 8.04. The van der Waals surface area contributed by atoms with Gasteiger partial charge in [0.25, 0.3) is 0 Å². The number of fused-ring (bicyclic) bond motifs is 4. The summed E-state index contributed by atoms with van der Waals surface area (Å²) in [5.41, 5.74) is 2.13. The lowest BCUT2D eigenvalue weighted by molar-refractivity contribution is 0.650. The van der Waals surface area contributed by atoms with Gasteiger partial charge in [-0.25, -0.2) is 4.98 Å². The van der Waals surface area contributed by atoms with Gasteiger partial charge in [0, 0.05) is 52.4 Å². The van der Waals surface area contributed by atoms with E-state index in [1.54, 1.807) is 17.4 Å². The molecular weight excluding hydrogens is 438 g/mol. The van der Waals surface area contributed by atoms with Crippen molar-refractivity contribution in [2.75, 3.05) is 36.0 Å². The highest BCUT2D eigenvalue weighted by molar-refractivity contribution is 7.25. The zero-order valence-corrected chi connectivity index (χ0v) is 18.9. The van der Waals surface area contributed by atoms with E-state index >= 15 is 0 Å². The van der Waals surface area contributed by atoms with Crippen LogP contribution in [0.15, 0.2) is 77.6 Å². The molecule has 32 heavy (non-hydrogen) atoms. The van der Waals surface area contributed by atoms with E-state index < -0.39 is 0 Å². The first-order valence-corrected chi connectivity index (χ1v) is 11.9. The Morgan fingerprint density at radius 3 is 2.34 bits per heavy atom. The maximum Gasteiger partial charge on any atom is 0.196 e. The topological polar surface area (TPSA) is 36.4 Å². The van der Waals surface area contributed by atoms with E-state index in [2.05, 4.69) is 34.1 Å². The third-order valence-corrected chi connectivity index (χ3v) is 7.56. The van der Waals surface area contributed by atoms with Gasteiger partial charge in [-0.15, -0.1) is 11.3 Å². The summed E-state index contributed by atoms with van der Waals surface area (Å²) in [6, 6.07) is 24.0. The average Bonchev–Trinajstić information content (AvgIpc) is 2.84. The quantitative estimate of drug-likeness (QED) is 0.243. The molecule has 3 aromatic carbocycles. The van der Waals surface area contributed by atoms with E-state index in [9.17, 15) is 4.79 Å². The van der Waals surface area contributed by atoms with Gasteiger partial charge in [0.1, 0.15) is 5.82 Å². The molecule has 6 heteroatoms. The Kier molecular flexibility index (Phi) is 4.74. The molecule has 1 fully saturated rings. The van der Waals surface area contributed by atoms with Gasteiger partial charge >= 0.3 is 0 Å². The summed E-state index contributed by atoms with van der Waals surface area (Å²) in [5.74, 6) is 0.908. The Labute approximate surface area is 194 Å². The second kappa shape index (κ2) is 7.76. The van der Waals surface area contributed by atoms with Crippen LogP contribution < -0.4 is 15.2 Å². The molecule has 0 N–H and O–H groups in total. The predicted octanol–water partition coefficient (Wildman–Crippen LogP) is 5.94. The first kappa shape index (κ1) is 19.5. The fourth-order valence-electron chi connectivity index (χ4n) is 4.55. The number of halogens is 1. The second-order valence-corrected chi connectivity index (χ2v) is 9.53. The maximum atomic E-state index is 13.6. The Balaban J connectivity index is 1.51. The lowest BCUT2D eigenvalue weighted by Gasteiger charge is -2.37. The van der Waals surface area contributed by atoms with Crippen LogP contribution in [0.3, 0.4) is 0 Å². The van der Waals surface area contributed by atoms with Crippen LogP contribution in [-0.2, 0) is 0 Å². The van der Waals surface area contributed by atoms with Gasteiger partial charge in [-0.1, -0.05) is 48.0 Å². The molecule has 5 aromatic rings. The first-order chi connectivity index (χ1) is 15.7. The number of anilines is 2. The summed E-state index contributed by atoms with van der Waals surface area (Å²) in [6.45, 7) is 3.54. The van der Waals surface area contributed by atoms with Crippen LogP contribution in [0.25, 0.3) is 31.1 Å². The molecule has 0 bridgehead atoms. The summed E-state index contributed by atoms with van der Waals surface area (Å²) in [6.07, 6.45) is 0. The van der Waals surface area contributed by atoms with Crippen molar-refractivity contribution in [3.05, 3.63) is 88.0 Å². The summed E-state index contributed by atoms with van der Waals surface area (Å²) < 4.78 is 1.89. The number of para-hydroxylation sites is 2. The van der Waals surface area contributed by atoms with Crippen molar-refractivity contribution in [3.8, 4) is 0 Å². The van der Waals surface area contributed by atoms with Crippen LogP contribution in [0.2, 0.25) is 5.02 Å². The summed E-state index contributed by atoms with van der Waals surface area (Å²) in [5, 5.41) is 2.90. The zero-order valence-electron chi connectivity index (χ0n) is 17.3. The van der Waals surface area contributed by atoms with Crippen molar-refractivity contribution >= 4 is 65.5 Å². The van der Waals surface area contributed by atoms with Crippen molar-refractivity contribution in [1.29, 1.82) is 0 Å². The van der Waals surface area contributed by atoms with Crippen LogP contribution in [0.1, 0.15) is 0 Å². The molecule has 0 saturated carbocycles. The highest BCUT2D eigenvalue weighted by Gasteiger charge is 2.23. The maximum absolute atomic E-state index is 13.6. The van der Waals surface area contributed by atoms with Crippen LogP contribution >= 0.6 is 22.9 Å². The Hall–Kier alpha value is -3.15. The smallest absolute Gasteiger partial charge is 0.196 e. The van der Waals surface area contributed by atoms with Crippen molar-refractivity contribution in [2.45, 2.75) is 0 Å². The van der Waals surface area contributed by atoms with Gasteiger partial charge in [0.15, 0.2) is 5.43 Å². The van der Waals surface area contributed by atoms with Crippen molar-refractivity contribution in [2.24, 2.45) is 0 Å². The van der Waals surface area contributed by atoms with E-state index in [0.29, 0.717) is 10.4 Å². The normalized spacial score (nSPS) is 14.5. The monoisotopic (exact) mass is 457 g/mol. The molecule has 0 unspecified atom stereocenters. The molecule has 0 radical (unpaired) electrons.